The van der Waals surface area contributed by atoms with Crippen LogP contribution < -0.4 is 10.6 Å². The standard InChI is InChI=1S/C13H27N3O2/c1-3-14-10-12-6-4-5-8-16(12)11-13(17)15-7-9-18-2/h12,14H,3-11H2,1-2H3,(H,15,17). The molecule has 1 rings (SSSR count). The molecule has 1 heterocycles. The van der Waals surface area contributed by atoms with E-state index in [1.807, 2.05) is 0 Å². The summed E-state index contributed by atoms with van der Waals surface area (Å²) < 4.78 is 4.92. The summed E-state index contributed by atoms with van der Waals surface area (Å²) >= 11 is 0. The number of likely N-dealkylation sites (N-methyl/N-ethyl adjacent to an activating group) is 1. The maximum atomic E-state index is 11.8. The Morgan fingerprint density at radius 2 is 2.28 bits per heavy atom. The van der Waals surface area contributed by atoms with Crippen molar-refractivity contribution in [2.24, 2.45) is 0 Å². The van der Waals surface area contributed by atoms with Crippen LogP contribution in [0.2, 0.25) is 0 Å². The zero-order valence-electron chi connectivity index (χ0n) is 11.7. The number of methoxy groups -OCH3 is 1. The van der Waals surface area contributed by atoms with Gasteiger partial charge in [0.25, 0.3) is 0 Å². The number of nitrogens with one attached hydrogen (secondary N) is 2. The molecule has 1 unspecified atom stereocenters. The van der Waals surface area contributed by atoms with Crippen molar-refractivity contribution in [1.82, 2.24) is 15.5 Å². The van der Waals surface area contributed by atoms with Crippen LogP contribution in [0, 0.1) is 0 Å². The van der Waals surface area contributed by atoms with E-state index in [4.69, 9.17) is 4.74 Å². The van der Waals surface area contributed by atoms with Gasteiger partial charge in [-0.1, -0.05) is 13.3 Å². The molecule has 1 atom stereocenters. The minimum Gasteiger partial charge on any atom is -0.383 e. The molecular formula is C13H27N3O2. The second-order valence-corrected chi connectivity index (χ2v) is 4.77. The number of amides is 1. The largest absolute Gasteiger partial charge is 0.383 e. The molecular weight excluding hydrogens is 230 g/mol. The maximum absolute atomic E-state index is 11.8. The smallest absolute Gasteiger partial charge is 0.234 e. The van der Waals surface area contributed by atoms with Gasteiger partial charge in [-0.2, -0.15) is 0 Å². The number of likely N-dealkylation sites (tertiary alicyclic amines) is 1. The lowest BCUT2D eigenvalue weighted by Crippen LogP contribution is -2.49. The molecule has 1 saturated heterocycles. The summed E-state index contributed by atoms with van der Waals surface area (Å²) in [4.78, 5) is 14.1. The molecule has 5 nitrogen and oxygen atoms in total. The average molecular weight is 257 g/mol. The Labute approximate surface area is 110 Å². The molecule has 106 valence electrons. The fraction of sp³-hybridized carbons (Fsp3) is 0.923. The Morgan fingerprint density at radius 3 is 3.00 bits per heavy atom. The summed E-state index contributed by atoms with van der Waals surface area (Å²) in [6.45, 7) is 6.82. The summed E-state index contributed by atoms with van der Waals surface area (Å²) in [5.41, 5.74) is 0. The SMILES string of the molecule is CCNCC1CCCCN1CC(=O)NCCOC. The predicted molar refractivity (Wildman–Crippen MR) is 72.6 cm³/mol. The van der Waals surface area contributed by atoms with Crippen molar-refractivity contribution < 1.29 is 9.53 Å². The third-order valence-corrected chi connectivity index (χ3v) is 3.35. The van der Waals surface area contributed by atoms with Gasteiger partial charge >= 0.3 is 0 Å². The van der Waals surface area contributed by atoms with Crippen molar-refractivity contribution in [2.45, 2.75) is 32.2 Å². The van der Waals surface area contributed by atoms with Crippen molar-refractivity contribution in [3.63, 3.8) is 0 Å². The van der Waals surface area contributed by atoms with Crippen LogP contribution in [0.5, 0.6) is 0 Å². The highest BCUT2D eigenvalue weighted by atomic mass is 16.5. The second-order valence-electron chi connectivity index (χ2n) is 4.77. The maximum Gasteiger partial charge on any atom is 0.234 e. The van der Waals surface area contributed by atoms with E-state index in [1.165, 1.54) is 19.3 Å². The van der Waals surface area contributed by atoms with Crippen LogP contribution in [0.1, 0.15) is 26.2 Å². The topological polar surface area (TPSA) is 53.6 Å². The van der Waals surface area contributed by atoms with Gasteiger partial charge in [0.1, 0.15) is 0 Å². The Kier molecular flexibility index (Phi) is 7.96. The van der Waals surface area contributed by atoms with Crippen molar-refractivity contribution in [2.75, 3.05) is 46.4 Å². The molecule has 2 N–H and O–H groups in total. The molecule has 1 amide bonds. The lowest BCUT2D eigenvalue weighted by atomic mass is 10.0. The number of carbonyl (C=O) groups excluding carboxylic acids is 1. The Bertz CT molecular complexity index is 236. The minimum atomic E-state index is 0.107. The van der Waals surface area contributed by atoms with E-state index in [1.54, 1.807) is 7.11 Å². The van der Waals surface area contributed by atoms with Crippen molar-refractivity contribution >= 4 is 5.91 Å². The quantitative estimate of drug-likeness (QED) is 0.611. The number of ether oxygens (including phenoxy) is 1. The van der Waals surface area contributed by atoms with E-state index in [9.17, 15) is 4.79 Å². The molecule has 0 saturated carbocycles. The van der Waals surface area contributed by atoms with Gasteiger partial charge in [-0.05, 0) is 25.9 Å². The molecule has 0 spiro atoms. The first kappa shape index (κ1) is 15.4. The number of hydrogen-bond acceptors (Lipinski definition) is 4. The third kappa shape index (κ3) is 5.80. The fourth-order valence-corrected chi connectivity index (χ4v) is 2.34. The number of rotatable bonds is 8. The summed E-state index contributed by atoms with van der Waals surface area (Å²) in [5, 5.41) is 6.26. The Balaban J connectivity index is 2.29. The van der Waals surface area contributed by atoms with Gasteiger partial charge in [-0.25, -0.2) is 0 Å². The molecule has 1 aliphatic rings. The summed E-state index contributed by atoms with van der Waals surface area (Å²) in [5.74, 6) is 0.107. The van der Waals surface area contributed by atoms with E-state index in [2.05, 4.69) is 22.5 Å². The Morgan fingerprint density at radius 1 is 1.44 bits per heavy atom. The van der Waals surface area contributed by atoms with Gasteiger partial charge in [0, 0.05) is 26.2 Å². The highest BCUT2D eigenvalue weighted by molar-refractivity contribution is 5.78. The van der Waals surface area contributed by atoms with Crippen LogP contribution in [-0.2, 0) is 9.53 Å². The zero-order chi connectivity index (χ0) is 13.2. The number of carbonyl (C=O) groups is 1. The van der Waals surface area contributed by atoms with E-state index >= 15 is 0 Å². The first-order chi connectivity index (χ1) is 8.77. The van der Waals surface area contributed by atoms with Gasteiger partial charge in [-0.15, -0.1) is 0 Å². The summed E-state index contributed by atoms with van der Waals surface area (Å²) in [6.07, 6.45) is 3.67. The highest BCUT2D eigenvalue weighted by Crippen LogP contribution is 2.15. The first-order valence-electron chi connectivity index (χ1n) is 6.98. The Hall–Kier alpha value is -0.650. The molecule has 1 aliphatic heterocycles. The first-order valence-corrected chi connectivity index (χ1v) is 6.98. The molecule has 1 fully saturated rings. The van der Waals surface area contributed by atoms with Gasteiger partial charge in [0.15, 0.2) is 0 Å². The van der Waals surface area contributed by atoms with Crippen molar-refractivity contribution in [1.29, 1.82) is 0 Å². The zero-order valence-corrected chi connectivity index (χ0v) is 11.7. The summed E-state index contributed by atoms with van der Waals surface area (Å²) in [6, 6.07) is 0.506. The molecule has 18 heavy (non-hydrogen) atoms. The van der Waals surface area contributed by atoms with E-state index in [0.717, 1.165) is 19.6 Å². The van der Waals surface area contributed by atoms with E-state index in [0.29, 0.717) is 25.7 Å². The molecule has 0 bridgehead atoms. The molecule has 0 aromatic rings. The second kappa shape index (κ2) is 9.30. The minimum absolute atomic E-state index is 0.107. The van der Waals surface area contributed by atoms with Crippen LogP contribution in [-0.4, -0.2) is 63.3 Å². The lowest BCUT2D eigenvalue weighted by Gasteiger charge is -2.35. The van der Waals surface area contributed by atoms with Crippen LogP contribution in [0.25, 0.3) is 0 Å². The molecule has 0 aromatic carbocycles. The predicted octanol–water partition coefficient (Wildman–Crippen LogP) is 0.213. The number of piperidine rings is 1. The van der Waals surface area contributed by atoms with Crippen LogP contribution >= 0.6 is 0 Å². The number of hydrogen-bond donors (Lipinski definition) is 2. The van der Waals surface area contributed by atoms with E-state index < -0.39 is 0 Å². The van der Waals surface area contributed by atoms with Crippen LogP contribution in [0.3, 0.4) is 0 Å². The molecule has 5 heteroatoms. The normalized spacial score (nSPS) is 20.9. The van der Waals surface area contributed by atoms with Gasteiger partial charge in [-0.3, -0.25) is 9.69 Å². The monoisotopic (exact) mass is 257 g/mol. The fourth-order valence-electron chi connectivity index (χ4n) is 2.34. The molecule has 0 radical (unpaired) electrons. The number of nitrogens with zero attached hydrogens (tertiary/aromatic N) is 1. The van der Waals surface area contributed by atoms with Crippen molar-refractivity contribution in [3.05, 3.63) is 0 Å². The van der Waals surface area contributed by atoms with Crippen LogP contribution in [0.4, 0.5) is 0 Å². The van der Waals surface area contributed by atoms with Gasteiger partial charge in [0.05, 0.1) is 13.2 Å². The highest BCUT2D eigenvalue weighted by Gasteiger charge is 2.23. The van der Waals surface area contributed by atoms with Crippen molar-refractivity contribution in [3.8, 4) is 0 Å². The van der Waals surface area contributed by atoms with Crippen LogP contribution in [0.15, 0.2) is 0 Å². The average Bonchev–Trinajstić information content (AvgIpc) is 2.38. The van der Waals surface area contributed by atoms with Gasteiger partial charge in [0.2, 0.25) is 5.91 Å². The molecule has 0 aliphatic carbocycles. The lowest BCUT2D eigenvalue weighted by molar-refractivity contribution is -0.123. The molecule has 0 aromatic heterocycles. The van der Waals surface area contributed by atoms with E-state index in [-0.39, 0.29) is 5.91 Å². The third-order valence-electron chi connectivity index (χ3n) is 3.35. The summed E-state index contributed by atoms with van der Waals surface area (Å²) in [7, 11) is 1.64. The van der Waals surface area contributed by atoms with Gasteiger partial charge < -0.3 is 15.4 Å².